The summed E-state index contributed by atoms with van der Waals surface area (Å²) < 4.78 is 5.62. The van der Waals surface area contributed by atoms with Crippen molar-refractivity contribution in [1.29, 1.82) is 0 Å². The highest BCUT2D eigenvalue weighted by atomic mass is 16.5. The van der Waals surface area contributed by atoms with Gasteiger partial charge in [-0.2, -0.15) is 0 Å². The summed E-state index contributed by atoms with van der Waals surface area (Å²) in [7, 11) is 1.79. The van der Waals surface area contributed by atoms with Crippen LogP contribution in [0.1, 0.15) is 13.8 Å². The quantitative estimate of drug-likeness (QED) is 0.622. The summed E-state index contributed by atoms with van der Waals surface area (Å²) in [6.07, 6.45) is 1.03. The van der Waals surface area contributed by atoms with Crippen LogP contribution in [0.4, 0.5) is 0 Å². The van der Waals surface area contributed by atoms with Crippen molar-refractivity contribution in [3.05, 3.63) is 0 Å². The number of hydrogen-bond donors (Lipinski definition) is 0. The summed E-state index contributed by atoms with van der Waals surface area (Å²) in [5.41, 5.74) is 0. The third-order valence-electron chi connectivity index (χ3n) is 2.52. The molecule has 1 amide bonds. The van der Waals surface area contributed by atoms with Gasteiger partial charge in [0.15, 0.2) is 0 Å². The first kappa shape index (κ1) is 12.5. The maximum absolute atomic E-state index is 10.5. The summed E-state index contributed by atoms with van der Waals surface area (Å²) >= 11 is 0. The minimum absolute atomic E-state index is 0.174. The average Bonchev–Trinajstić information content (AvgIpc) is 2.17. The number of carbonyl (C=O) groups excluding carboxylic acids is 1. The van der Waals surface area contributed by atoms with Crippen LogP contribution < -0.4 is 0 Å². The van der Waals surface area contributed by atoms with Gasteiger partial charge in [-0.15, -0.1) is 0 Å². The number of likely N-dealkylation sites (N-methyl/N-ethyl adjacent to an activating group) is 1. The predicted octanol–water partition coefficient (Wildman–Crippen LogP) is 0.431. The Hall–Kier alpha value is -0.610. The summed E-state index contributed by atoms with van der Waals surface area (Å²) in [6.45, 7) is 8.99. The van der Waals surface area contributed by atoms with E-state index in [4.69, 9.17) is 4.74 Å². The molecule has 0 aromatic rings. The molecule has 0 N–H and O–H groups in total. The Bertz CT molecular complexity index is 197. The summed E-state index contributed by atoms with van der Waals surface area (Å²) in [5, 5.41) is 0. The van der Waals surface area contributed by atoms with Crippen LogP contribution >= 0.6 is 0 Å². The highest BCUT2D eigenvalue weighted by Crippen LogP contribution is 2.08. The van der Waals surface area contributed by atoms with E-state index in [0.29, 0.717) is 12.5 Å². The lowest BCUT2D eigenvalue weighted by Crippen LogP contribution is -2.47. The highest BCUT2D eigenvalue weighted by Gasteiger charge is 2.21. The van der Waals surface area contributed by atoms with Crippen LogP contribution in [0.15, 0.2) is 0 Å². The van der Waals surface area contributed by atoms with E-state index in [1.165, 1.54) is 0 Å². The Morgan fingerprint density at radius 1 is 1.60 bits per heavy atom. The van der Waals surface area contributed by atoms with Gasteiger partial charge in [0.25, 0.3) is 0 Å². The van der Waals surface area contributed by atoms with Crippen molar-refractivity contribution in [1.82, 2.24) is 9.80 Å². The molecule has 0 aliphatic carbocycles. The van der Waals surface area contributed by atoms with E-state index in [-0.39, 0.29) is 6.10 Å². The van der Waals surface area contributed by atoms with Crippen LogP contribution in [0, 0.1) is 5.92 Å². The van der Waals surface area contributed by atoms with Gasteiger partial charge in [-0.3, -0.25) is 9.69 Å². The lowest BCUT2D eigenvalue weighted by Gasteiger charge is -2.34. The Balaban J connectivity index is 2.31. The van der Waals surface area contributed by atoms with Crippen LogP contribution in [0.2, 0.25) is 0 Å². The van der Waals surface area contributed by atoms with Crippen molar-refractivity contribution < 1.29 is 9.53 Å². The first-order chi connectivity index (χ1) is 7.11. The maximum atomic E-state index is 10.5. The van der Waals surface area contributed by atoms with Crippen molar-refractivity contribution in [2.24, 2.45) is 5.92 Å². The second-order valence-electron chi connectivity index (χ2n) is 4.69. The molecule has 1 atom stereocenters. The Kier molecular flexibility index (Phi) is 5.05. The van der Waals surface area contributed by atoms with Crippen LogP contribution in [-0.2, 0) is 9.53 Å². The van der Waals surface area contributed by atoms with Gasteiger partial charge in [0.1, 0.15) is 0 Å². The molecular weight excluding hydrogens is 192 g/mol. The molecule has 0 aromatic carbocycles. The molecule has 15 heavy (non-hydrogen) atoms. The zero-order chi connectivity index (χ0) is 11.3. The lowest BCUT2D eigenvalue weighted by molar-refractivity contribution is -0.120. The highest BCUT2D eigenvalue weighted by molar-refractivity contribution is 5.46. The van der Waals surface area contributed by atoms with Gasteiger partial charge >= 0.3 is 0 Å². The van der Waals surface area contributed by atoms with E-state index < -0.39 is 0 Å². The zero-order valence-electron chi connectivity index (χ0n) is 9.98. The van der Waals surface area contributed by atoms with Crippen LogP contribution in [0.25, 0.3) is 0 Å². The third-order valence-corrected chi connectivity index (χ3v) is 2.52. The van der Waals surface area contributed by atoms with Gasteiger partial charge in [0.05, 0.1) is 12.7 Å². The fourth-order valence-corrected chi connectivity index (χ4v) is 1.94. The zero-order valence-corrected chi connectivity index (χ0v) is 9.98. The second-order valence-corrected chi connectivity index (χ2v) is 4.69. The Morgan fingerprint density at radius 3 is 2.93 bits per heavy atom. The number of ether oxygens (including phenoxy) is 1. The van der Waals surface area contributed by atoms with Gasteiger partial charge in [-0.1, -0.05) is 13.8 Å². The summed E-state index contributed by atoms with van der Waals surface area (Å²) in [6, 6.07) is 0. The molecule has 0 bridgehead atoms. The molecule has 0 aromatic heterocycles. The number of nitrogens with zero attached hydrogens (tertiary/aromatic N) is 2. The van der Waals surface area contributed by atoms with Gasteiger partial charge in [0, 0.05) is 33.2 Å². The predicted molar refractivity (Wildman–Crippen MR) is 59.7 cm³/mol. The topological polar surface area (TPSA) is 32.8 Å². The molecule has 0 radical (unpaired) electrons. The average molecular weight is 214 g/mol. The lowest BCUT2D eigenvalue weighted by atomic mass is 10.2. The number of amides is 1. The SMILES string of the molecule is CC(C)CN1CCOC(CN(C)C=O)C1. The molecule has 1 aliphatic rings. The van der Waals surface area contributed by atoms with E-state index in [1.807, 2.05) is 0 Å². The fraction of sp³-hybridized carbons (Fsp3) is 0.909. The molecule has 4 heteroatoms. The Labute approximate surface area is 92.2 Å². The van der Waals surface area contributed by atoms with E-state index in [0.717, 1.165) is 32.7 Å². The van der Waals surface area contributed by atoms with E-state index in [9.17, 15) is 4.79 Å². The number of morpholine rings is 1. The summed E-state index contributed by atoms with van der Waals surface area (Å²) in [4.78, 5) is 14.6. The molecule has 0 spiro atoms. The van der Waals surface area contributed by atoms with Crippen molar-refractivity contribution in [3.8, 4) is 0 Å². The molecule has 1 heterocycles. The van der Waals surface area contributed by atoms with Crippen LogP contribution in [-0.4, -0.2) is 62.1 Å². The Morgan fingerprint density at radius 2 is 2.33 bits per heavy atom. The largest absolute Gasteiger partial charge is 0.374 e. The van der Waals surface area contributed by atoms with Gasteiger partial charge in [-0.05, 0) is 5.92 Å². The number of rotatable bonds is 5. The maximum Gasteiger partial charge on any atom is 0.209 e. The van der Waals surface area contributed by atoms with Gasteiger partial charge < -0.3 is 9.64 Å². The first-order valence-electron chi connectivity index (χ1n) is 5.61. The minimum Gasteiger partial charge on any atom is -0.374 e. The van der Waals surface area contributed by atoms with Crippen molar-refractivity contribution in [2.45, 2.75) is 20.0 Å². The van der Waals surface area contributed by atoms with Crippen molar-refractivity contribution in [3.63, 3.8) is 0 Å². The molecule has 0 saturated carbocycles. The minimum atomic E-state index is 0.174. The van der Waals surface area contributed by atoms with Crippen LogP contribution in [0.3, 0.4) is 0 Å². The van der Waals surface area contributed by atoms with E-state index in [2.05, 4.69) is 18.7 Å². The molecular formula is C11H22N2O2. The molecule has 4 nitrogen and oxygen atoms in total. The van der Waals surface area contributed by atoms with Crippen molar-refractivity contribution in [2.75, 3.05) is 39.8 Å². The number of carbonyl (C=O) groups is 1. The number of hydrogen-bond acceptors (Lipinski definition) is 3. The molecule has 88 valence electrons. The smallest absolute Gasteiger partial charge is 0.209 e. The van der Waals surface area contributed by atoms with Gasteiger partial charge in [-0.25, -0.2) is 0 Å². The summed E-state index contributed by atoms with van der Waals surface area (Å²) in [5.74, 6) is 0.688. The molecule has 1 saturated heterocycles. The third kappa shape index (κ3) is 4.62. The van der Waals surface area contributed by atoms with Gasteiger partial charge in [0.2, 0.25) is 6.41 Å². The molecule has 1 unspecified atom stereocenters. The normalized spacial score (nSPS) is 23.1. The molecule has 1 aliphatic heterocycles. The fourth-order valence-electron chi connectivity index (χ4n) is 1.94. The standard InChI is InChI=1S/C11H22N2O2/c1-10(2)6-13-4-5-15-11(8-13)7-12(3)9-14/h9-11H,4-8H2,1-3H3. The molecule has 1 fully saturated rings. The van der Waals surface area contributed by atoms with E-state index >= 15 is 0 Å². The van der Waals surface area contributed by atoms with E-state index in [1.54, 1.807) is 11.9 Å². The van der Waals surface area contributed by atoms with Crippen molar-refractivity contribution >= 4 is 6.41 Å². The first-order valence-corrected chi connectivity index (χ1v) is 5.61. The molecule has 1 rings (SSSR count). The van der Waals surface area contributed by atoms with Crippen LogP contribution in [0.5, 0.6) is 0 Å². The second kappa shape index (κ2) is 6.08. The monoisotopic (exact) mass is 214 g/mol.